The van der Waals surface area contributed by atoms with Gasteiger partial charge < -0.3 is 15.0 Å². The molecule has 1 unspecified atom stereocenters. The maximum Gasteiger partial charge on any atom is 0.219 e. The summed E-state index contributed by atoms with van der Waals surface area (Å²) in [7, 11) is 0. The lowest BCUT2D eigenvalue weighted by Crippen LogP contribution is -2.54. The highest BCUT2D eigenvalue weighted by Crippen LogP contribution is 2.30. The standard InChI is InChI=1S/C22H28ClN7O/c23-17-3-1-15(2-4-17)11-19-14-31-20-12-25-8-5-16(20)13-30(19)18-6-9-29(10-7-18)22-26-21(24)27-28-22/h1-5,8,12,18-19,21,27H,6-7,9-11,13-14,24H2,(H,26,28)/t19-,21?/m0/s1. The van der Waals surface area contributed by atoms with Crippen LogP contribution in [-0.4, -0.2) is 58.8 Å². The van der Waals surface area contributed by atoms with Crippen molar-refractivity contribution in [2.75, 3.05) is 19.7 Å². The molecule has 5 rings (SSSR count). The Bertz CT molecular complexity index is 930. The predicted molar refractivity (Wildman–Crippen MR) is 120 cm³/mol. The summed E-state index contributed by atoms with van der Waals surface area (Å²) in [5, 5.41) is 8.25. The second-order valence-corrected chi connectivity index (χ2v) is 8.79. The van der Waals surface area contributed by atoms with Gasteiger partial charge in [-0.25, -0.2) is 0 Å². The molecule has 3 aliphatic heterocycles. The molecule has 3 aliphatic rings. The Labute approximate surface area is 187 Å². The quantitative estimate of drug-likeness (QED) is 0.667. The first kappa shape index (κ1) is 20.4. The number of piperidine rings is 1. The minimum absolute atomic E-state index is 0.280. The molecule has 2 aromatic rings. The number of hydrogen-bond acceptors (Lipinski definition) is 8. The van der Waals surface area contributed by atoms with Crippen LogP contribution in [-0.2, 0) is 13.0 Å². The molecular formula is C22H28ClN7O. The van der Waals surface area contributed by atoms with Gasteiger partial charge >= 0.3 is 0 Å². The van der Waals surface area contributed by atoms with Crippen molar-refractivity contribution in [3.8, 4) is 5.75 Å². The number of nitrogens with zero attached hydrogens (tertiary/aromatic N) is 4. The smallest absolute Gasteiger partial charge is 0.219 e. The van der Waals surface area contributed by atoms with Crippen molar-refractivity contribution in [1.82, 2.24) is 25.5 Å². The fourth-order valence-electron chi connectivity index (χ4n) is 4.68. The number of pyridine rings is 1. The van der Waals surface area contributed by atoms with Gasteiger partial charge in [0.25, 0.3) is 0 Å². The Morgan fingerprint density at radius 2 is 1.97 bits per heavy atom. The number of halogens is 1. The molecule has 0 bridgehead atoms. The van der Waals surface area contributed by atoms with Gasteiger partial charge in [0.05, 0.1) is 6.20 Å². The summed E-state index contributed by atoms with van der Waals surface area (Å²) >= 11 is 6.09. The van der Waals surface area contributed by atoms with E-state index in [0.29, 0.717) is 12.6 Å². The average Bonchev–Trinajstić information content (AvgIpc) is 3.15. The second-order valence-electron chi connectivity index (χ2n) is 8.36. The maximum absolute atomic E-state index is 6.20. The van der Waals surface area contributed by atoms with Gasteiger partial charge in [0.1, 0.15) is 12.4 Å². The summed E-state index contributed by atoms with van der Waals surface area (Å²) < 4.78 is 6.20. The van der Waals surface area contributed by atoms with Crippen molar-refractivity contribution < 1.29 is 4.74 Å². The number of guanidine groups is 1. The summed E-state index contributed by atoms with van der Waals surface area (Å²) in [4.78, 5) is 9.16. The van der Waals surface area contributed by atoms with Crippen LogP contribution in [0.15, 0.2) is 47.8 Å². The third-order valence-electron chi connectivity index (χ3n) is 6.33. The Morgan fingerprint density at radius 3 is 2.71 bits per heavy atom. The Morgan fingerprint density at radius 1 is 1.16 bits per heavy atom. The van der Waals surface area contributed by atoms with Crippen LogP contribution in [0.5, 0.6) is 5.75 Å². The van der Waals surface area contributed by atoms with E-state index in [1.54, 1.807) is 0 Å². The number of hydrazone groups is 1. The van der Waals surface area contributed by atoms with Gasteiger partial charge in [0.2, 0.25) is 5.96 Å². The molecule has 1 fully saturated rings. The van der Waals surface area contributed by atoms with Crippen LogP contribution in [0.3, 0.4) is 0 Å². The molecule has 9 heteroatoms. The molecule has 1 saturated heterocycles. The van der Waals surface area contributed by atoms with Crippen molar-refractivity contribution in [3.05, 3.63) is 58.9 Å². The van der Waals surface area contributed by atoms with Gasteiger partial charge in [-0.15, -0.1) is 5.10 Å². The van der Waals surface area contributed by atoms with E-state index in [1.807, 2.05) is 24.5 Å². The molecular weight excluding hydrogens is 414 g/mol. The molecule has 8 nitrogen and oxygen atoms in total. The second kappa shape index (κ2) is 8.90. The van der Waals surface area contributed by atoms with Crippen LogP contribution in [0.2, 0.25) is 5.02 Å². The summed E-state index contributed by atoms with van der Waals surface area (Å²) in [6, 6.07) is 11.0. The molecule has 164 valence electrons. The average molecular weight is 442 g/mol. The topological polar surface area (TPSA) is 91.0 Å². The normalized spacial score (nSPS) is 24.5. The van der Waals surface area contributed by atoms with E-state index < -0.39 is 0 Å². The van der Waals surface area contributed by atoms with E-state index in [0.717, 1.165) is 55.6 Å². The number of rotatable bonds is 3. The van der Waals surface area contributed by atoms with Crippen LogP contribution < -0.4 is 21.2 Å². The first-order chi connectivity index (χ1) is 15.2. The monoisotopic (exact) mass is 441 g/mol. The summed E-state index contributed by atoms with van der Waals surface area (Å²) in [5.74, 6) is 1.74. The van der Waals surface area contributed by atoms with E-state index in [9.17, 15) is 0 Å². The minimum Gasteiger partial charge on any atom is -0.490 e. The molecule has 1 aromatic heterocycles. The number of benzene rings is 1. The third kappa shape index (κ3) is 4.56. The lowest BCUT2D eigenvalue weighted by Gasteiger charge is -2.41. The van der Waals surface area contributed by atoms with Gasteiger partial charge in [0.15, 0.2) is 6.29 Å². The Hall–Kier alpha value is -2.55. The number of nitrogens with two attached hydrogens (primary N) is 1. The van der Waals surface area contributed by atoms with E-state index in [1.165, 1.54) is 11.1 Å². The summed E-state index contributed by atoms with van der Waals surface area (Å²) in [6.07, 6.45) is 6.43. The van der Waals surface area contributed by atoms with Gasteiger partial charge in [0, 0.05) is 48.5 Å². The number of hydrogen-bond donors (Lipinski definition) is 3. The largest absolute Gasteiger partial charge is 0.490 e. The predicted octanol–water partition coefficient (Wildman–Crippen LogP) is 1.71. The summed E-state index contributed by atoms with van der Waals surface area (Å²) in [6.45, 7) is 3.40. The van der Waals surface area contributed by atoms with Crippen molar-refractivity contribution in [2.45, 2.75) is 44.2 Å². The van der Waals surface area contributed by atoms with Crippen LogP contribution in [0.4, 0.5) is 0 Å². The minimum atomic E-state index is -0.302. The van der Waals surface area contributed by atoms with Crippen molar-refractivity contribution in [3.63, 3.8) is 0 Å². The van der Waals surface area contributed by atoms with Crippen LogP contribution in [0, 0.1) is 0 Å². The highest BCUT2D eigenvalue weighted by molar-refractivity contribution is 6.30. The lowest BCUT2D eigenvalue weighted by molar-refractivity contribution is 0.0667. The van der Waals surface area contributed by atoms with Crippen LogP contribution in [0.25, 0.3) is 0 Å². The molecule has 0 saturated carbocycles. The number of fused-ring (bicyclic) bond motifs is 1. The van der Waals surface area contributed by atoms with E-state index in [2.05, 4.69) is 48.8 Å². The van der Waals surface area contributed by atoms with E-state index >= 15 is 0 Å². The van der Waals surface area contributed by atoms with Crippen LogP contribution >= 0.6 is 11.6 Å². The number of aromatic nitrogens is 1. The van der Waals surface area contributed by atoms with Gasteiger partial charge in [-0.3, -0.25) is 21.0 Å². The Balaban J connectivity index is 1.33. The van der Waals surface area contributed by atoms with Crippen LogP contribution in [0.1, 0.15) is 24.0 Å². The third-order valence-corrected chi connectivity index (χ3v) is 6.59. The SMILES string of the molecule is NC1NN=C(N2CCC(N3Cc4ccncc4OC[C@@H]3Cc3ccc(Cl)cc3)CC2)N1. The summed E-state index contributed by atoms with van der Waals surface area (Å²) in [5.41, 5.74) is 11.2. The molecule has 1 aromatic carbocycles. The lowest BCUT2D eigenvalue weighted by atomic mass is 9.97. The maximum atomic E-state index is 6.20. The Kier molecular flexibility index (Phi) is 5.85. The molecule has 0 radical (unpaired) electrons. The first-order valence-electron chi connectivity index (χ1n) is 10.8. The van der Waals surface area contributed by atoms with Crippen molar-refractivity contribution in [1.29, 1.82) is 0 Å². The highest BCUT2D eigenvalue weighted by atomic mass is 35.5. The molecule has 2 atom stereocenters. The molecule has 0 spiro atoms. The van der Waals surface area contributed by atoms with Gasteiger partial charge in [-0.2, -0.15) is 0 Å². The van der Waals surface area contributed by atoms with Gasteiger partial charge in [-0.1, -0.05) is 23.7 Å². The van der Waals surface area contributed by atoms with E-state index in [4.69, 9.17) is 22.1 Å². The number of nitrogens with one attached hydrogen (secondary N) is 2. The first-order valence-corrected chi connectivity index (χ1v) is 11.2. The fourth-order valence-corrected chi connectivity index (χ4v) is 4.80. The number of likely N-dealkylation sites (tertiary alicyclic amines) is 1. The van der Waals surface area contributed by atoms with Crippen molar-refractivity contribution >= 4 is 17.6 Å². The zero-order chi connectivity index (χ0) is 21.2. The molecule has 4 heterocycles. The molecule has 0 amide bonds. The highest BCUT2D eigenvalue weighted by Gasteiger charge is 2.34. The zero-order valence-corrected chi connectivity index (χ0v) is 18.1. The molecule has 0 aliphatic carbocycles. The fraction of sp³-hybridized carbons (Fsp3) is 0.455. The number of ether oxygens (including phenoxy) is 1. The zero-order valence-electron chi connectivity index (χ0n) is 17.4. The van der Waals surface area contributed by atoms with E-state index in [-0.39, 0.29) is 12.3 Å². The van der Waals surface area contributed by atoms with Crippen molar-refractivity contribution in [2.24, 2.45) is 10.8 Å². The molecule has 31 heavy (non-hydrogen) atoms. The molecule has 4 N–H and O–H groups in total. The van der Waals surface area contributed by atoms with Gasteiger partial charge in [-0.05, 0) is 43.0 Å².